The molecule has 0 spiro atoms. The molecule has 0 radical (unpaired) electrons. The Labute approximate surface area is 121 Å². The van der Waals surface area contributed by atoms with E-state index in [9.17, 15) is 4.79 Å². The molecule has 1 saturated heterocycles. The number of nitrogens with zero attached hydrogens (tertiary/aromatic N) is 3. The summed E-state index contributed by atoms with van der Waals surface area (Å²) in [6.07, 6.45) is 1.94. The molecule has 1 N–H and O–H groups in total. The Balaban J connectivity index is 1.71. The molecule has 1 amide bonds. The van der Waals surface area contributed by atoms with Crippen LogP contribution in [0.2, 0.25) is 0 Å². The van der Waals surface area contributed by atoms with Gasteiger partial charge in [-0.25, -0.2) is 0 Å². The van der Waals surface area contributed by atoms with Gasteiger partial charge < -0.3 is 14.4 Å². The smallest absolute Gasteiger partial charge is 0.285 e. The van der Waals surface area contributed by atoms with E-state index in [-0.39, 0.29) is 18.4 Å². The molecule has 0 aliphatic carbocycles. The molecule has 3 rings (SSSR count). The summed E-state index contributed by atoms with van der Waals surface area (Å²) in [5.41, 5.74) is 3.19. The van der Waals surface area contributed by atoms with Crippen LogP contribution in [0.1, 0.15) is 12.8 Å². The molecule has 0 atom stereocenters. The second kappa shape index (κ2) is 5.71. The number of hydrogen-bond donors (Lipinski definition) is 1. The summed E-state index contributed by atoms with van der Waals surface area (Å²) in [5.74, 6) is 0.945. The summed E-state index contributed by atoms with van der Waals surface area (Å²) >= 11 is 0. The number of anilines is 1. The van der Waals surface area contributed by atoms with Gasteiger partial charge in [-0.05, 0) is 25.0 Å². The second-order valence-corrected chi connectivity index (χ2v) is 4.75. The van der Waals surface area contributed by atoms with Crippen molar-refractivity contribution in [1.82, 2.24) is 4.90 Å². The van der Waals surface area contributed by atoms with E-state index in [0.717, 1.165) is 12.8 Å². The molecule has 108 valence electrons. The number of likely N-dealkylation sites (tertiary alicyclic amines) is 1. The number of rotatable bonds is 3. The first-order chi connectivity index (χ1) is 10.3. The molecule has 2 heterocycles. The molecule has 1 fully saturated rings. The van der Waals surface area contributed by atoms with Crippen LogP contribution < -0.4 is 14.9 Å². The number of ether oxygens (including phenoxy) is 2. The highest BCUT2D eigenvalue weighted by Crippen LogP contribution is 2.34. The monoisotopic (exact) mass is 286 g/mol. The zero-order valence-electron chi connectivity index (χ0n) is 11.3. The van der Waals surface area contributed by atoms with Crippen molar-refractivity contribution in [3.63, 3.8) is 0 Å². The Bertz CT molecular complexity index is 630. The Morgan fingerprint density at radius 1 is 1.29 bits per heavy atom. The van der Waals surface area contributed by atoms with E-state index in [2.05, 4.69) is 10.5 Å². The van der Waals surface area contributed by atoms with Crippen LogP contribution in [-0.4, -0.2) is 36.4 Å². The van der Waals surface area contributed by atoms with Crippen LogP contribution in [0.5, 0.6) is 11.5 Å². The number of nitriles is 1. The third kappa shape index (κ3) is 2.74. The minimum absolute atomic E-state index is 0.144. The summed E-state index contributed by atoms with van der Waals surface area (Å²) in [6.45, 7) is 1.56. The number of hydrazone groups is 1. The molecule has 1 aromatic rings. The van der Waals surface area contributed by atoms with Crippen molar-refractivity contribution in [2.75, 3.05) is 25.3 Å². The number of carbonyl (C=O) groups excluding carboxylic acids is 1. The van der Waals surface area contributed by atoms with E-state index in [0.29, 0.717) is 30.3 Å². The molecular weight excluding hydrogens is 272 g/mol. The highest BCUT2D eigenvalue weighted by molar-refractivity contribution is 6.45. The third-order valence-electron chi connectivity index (χ3n) is 3.37. The zero-order chi connectivity index (χ0) is 14.7. The third-order valence-corrected chi connectivity index (χ3v) is 3.37. The highest BCUT2D eigenvalue weighted by atomic mass is 16.7. The minimum atomic E-state index is -0.330. The van der Waals surface area contributed by atoms with Crippen LogP contribution in [-0.2, 0) is 4.79 Å². The number of fused-ring (bicyclic) bond motifs is 1. The fourth-order valence-electron chi connectivity index (χ4n) is 2.28. The van der Waals surface area contributed by atoms with Crippen molar-refractivity contribution < 1.29 is 14.3 Å². The Hall–Kier alpha value is -2.75. The van der Waals surface area contributed by atoms with Crippen molar-refractivity contribution in [3.05, 3.63) is 18.2 Å². The summed E-state index contributed by atoms with van der Waals surface area (Å²) in [5, 5.41) is 13.0. The number of carbonyl (C=O) groups is 1. The van der Waals surface area contributed by atoms with E-state index in [1.807, 2.05) is 6.07 Å². The van der Waals surface area contributed by atoms with E-state index in [4.69, 9.17) is 14.7 Å². The van der Waals surface area contributed by atoms with Gasteiger partial charge in [-0.2, -0.15) is 10.4 Å². The molecule has 1 aromatic carbocycles. The van der Waals surface area contributed by atoms with E-state index < -0.39 is 0 Å². The lowest BCUT2D eigenvalue weighted by atomic mass is 10.3. The van der Waals surface area contributed by atoms with Gasteiger partial charge in [0.15, 0.2) is 11.5 Å². The normalized spacial score (nSPS) is 16.7. The average Bonchev–Trinajstić information content (AvgIpc) is 3.18. The molecule has 0 saturated carbocycles. The lowest BCUT2D eigenvalue weighted by molar-refractivity contribution is -0.122. The van der Waals surface area contributed by atoms with Gasteiger partial charge in [0.25, 0.3) is 5.91 Å². The molecule has 0 unspecified atom stereocenters. The van der Waals surface area contributed by atoms with Crippen molar-refractivity contribution in [2.45, 2.75) is 12.8 Å². The molecule has 7 nitrogen and oxygen atoms in total. The number of benzene rings is 1. The number of amides is 1. The van der Waals surface area contributed by atoms with Crippen LogP contribution >= 0.6 is 0 Å². The Morgan fingerprint density at radius 3 is 2.81 bits per heavy atom. The second-order valence-electron chi connectivity index (χ2n) is 4.75. The first-order valence-electron chi connectivity index (χ1n) is 6.70. The van der Waals surface area contributed by atoms with Crippen LogP contribution in [0.3, 0.4) is 0 Å². The Kier molecular flexibility index (Phi) is 3.60. The molecule has 7 heteroatoms. The molecule has 2 aliphatic rings. The Morgan fingerprint density at radius 2 is 2.05 bits per heavy atom. The van der Waals surface area contributed by atoms with Crippen LogP contribution in [0.4, 0.5) is 5.69 Å². The molecule has 0 aromatic heterocycles. The van der Waals surface area contributed by atoms with Crippen molar-refractivity contribution >= 4 is 17.3 Å². The SMILES string of the molecule is N#C/C(=N/Nc1ccc2c(c1)OCO2)C(=O)N1CCCC1. The molecule has 21 heavy (non-hydrogen) atoms. The summed E-state index contributed by atoms with van der Waals surface area (Å²) < 4.78 is 10.5. The molecule has 2 aliphatic heterocycles. The fourth-order valence-corrected chi connectivity index (χ4v) is 2.28. The predicted molar refractivity (Wildman–Crippen MR) is 75.0 cm³/mol. The lowest BCUT2D eigenvalue weighted by Crippen LogP contribution is -2.33. The van der Waals surface area contributed by atoms with Gasteiger partial charge in [-0.1, -0.05) is 0 Å². The first-order valence-corrected chi connectivity index (χ1v) is 6.70. The van der Waals surface area contributed by atoms with E-state index in [1.54, 1.807) is 23.1 Å². The van der Waals surface area contributed by atoms with Gasteiger partial charge in [-0.15, -0.1) is 0 Å². The number of nitrogens with one attached hydrogen (secondary N) is 1. The fraction of sp³-hybridized carbons (Fsp3) is 0.357. The van der Waals surface area contributed by atoms with Gasteiger partial charge >= 0.3 is 0 Å². The zero-order valence-corrected chi connectivity index (χ0v) is 11.3. The summed E-state index contributed by atoms with van der Waals surface area (Å²) in [4.78, 5) is 13.7. The first kappa shape index (κ1) is 13.2. The van der Waals surface area contributed by atoms with Gasteiger partial charge in [-0.3, -0.25) is 10.2 Å². The maximum atomic E-state index is 12.1. The number of hydrogen-bond acceptors (Lipinski definition) is 6. The largest absolute Gasteiger partial charge is 0.454 e. The topological polar surface area (TPSA) is 87.0 Å². The van der Waals surface area contributed by atoms with Gasteiger partial charge in [0.2, 0.25) is 12.5 Å². The van der Waals surface area contributed by atoms with Crippen LogP contribution in [0, 0.1) is 11.3 Å². The van der Waals surface area contributed by atoms with Gasteiger partial charge in [0.1, 0.15) is 6.07 Å². The van der Waals surface area contributed by atoms with E-state index in [1.165, 1.54) is 0 Å². The summed E-state index contributed by atoms with van der Waals surface area (Å²) in [6, 6.07) is 7.04. The van der Waals surface area contributed by atoms with Crippen molar-refractivity contribution in [3.8, 4) is 17.6 Å². The molecule has 0 bridgehead atoms. The lowest BCUT2D eigenvalue weighted by Gasteiger charge is -2.13. The van der Waals surface area contributed by atoms with Gasteiger partial charge in [0, 0.05) is 19.2 Å². The van der Waals surface area contributed by atoms with Crippen molar-refractivity contribution in [2.24, 2.45) is 5.10 Å². The minimum Gasteiger partial charge on any atom is -0.454 e. The van der Waals surface area contributed by atoms with Crippen LogP contribution in [0.15, 0.2) is 23.3 Å². The quantitative estimate of drug-likeness (QED) is 0.669. The van der Waals surface area contributed by atoms with Crippen LogP contribution in [0.25, 0.3) is 0 Å². The highest BCUT2D eigenvalue weighted by Gasteiger charge is 2.23. The predicted octanol–water partition coefficient (Wildman–Crippen LogP) is 1.33. The summed E-state index contributed by atoms with van der Waals surface area (Å²) in [7, 11) is 0. The maximum absolute atomic E-state index is 12.1. The van der Waals surface area contributed by atoms with Gasteiger partial charge in [0.05, 0.1) is 5.69 Å². The standard InChI is InChI=1S/C14H14N4O3/c15-8-11(14(19)18-5-1-2-6-18)17-16-10-3-4-12-13(7-10)21-9-20-12/h3-4,7,16H,1-2,5-6,9H2/b17-11-. The molecular formula is C14H14N4O3. The maximum Gasteiger partial charge on any atom is 0.285 e. The van der Waals surface area contributed by atoms with Crippen molar-refractivity contribution in [1.29, 1.82) is 5.26 Å². The van der Waals surface area contributed by atoms with E-state index >= 15 is 0 Å². The average molecular weight is 286 g/mol.